The molecular formula is C24H35Cl2NO5. The fourth-order valence-electron chi connectivity index (χ4n) is 2.56. The van der Waals surface area contributed by atoms with Gasteiger partial charge in [0.1, 0.15) is 23.9 Å². The number of esters is 1. The number of carbonyl (C=O) groups excluding carboxylic acids is 1. The van der Waals surface area contributed by atoms with Crippen molar-refractivity contribution in [3.8, 4) is 17.2 Å². The summed E-state index contributed by atoms with van der Waals surface area (Å²) >= 11 is 5.72. The molecule has 0 unspecified atom stereocenters. The van der Waals surface area contributed by atoms with E-state index in [1.54, 1.807) is 36.4 Å². The van der Waals surface area contributed by atoms with Crippen LogP contribution in [0.4, 0.5) is 0 Å². The van der Waals surface area contributed by atoms with Gasteiger partial charge in [-0.05, 0) is 62.8 Å². The Bertz CT molecular complexity index is 769. The molecule has 2 aromatic carbocycles. The predicted octanol–water partition coefficient (Wildman–Crippen LogP) is 5.47. The molecule has 0 heterocycles. The first-order valence-electron chi connectivity index (χ1n) is 10.5. The first-order chi connectivity index (χ1) is 14.8. The van der Waals surface area contributed by atoms with Gasteiger partial charge in [0.15, 0.2) is 6.61 Å². The Morgan fingerprint density at radius 2 is 1.72 bits per heavy atom. The molecule has 2 aromatic rings. The van der Waals surface area contributed by atoms with Gasteiger partial charge < -0.3 is 24.6 Å². The maximum atomic E-state index is 11.3. The Balaban J connectivity index is 0.000000592. The number of aryl methyl sites for hydroxylation is 1. The Hall–Kier alpha value is -2.15. The van der Waals surface area contributed by atoms with Crippen LogP contribution in [-0.4, -0.2) is 54.9 Å². The van der Waals surface area contributed by atoms with Crippen molar-refractivity contribution in [1.29, 1.82) is 0 Å². The van der Waals surface area contributed by atoms with Gasteiger partial charge in [-0.1, -0.05) is 43.9 Å². The van der Waals surface area contributed by atoms with Crippen molar-refractivity contribution < 1.29 is 24.5 Å². The number of hydrogen-bond donors (Lipinski definition) is 2. The number of hydrogen-bond acceptors (Lipinski definition) is 6. The Kier molecular flexibility index (Phi) is 16.2. The highest BCUT2D eigenvalue weighted by molar-refractivity contribution is 6.30. The van der Waals surface area contributed by atoms with Crippen LogP contribution in [0.1, 0.15) is 38.2 Å². The summed E-state index contributed by atoms with van der Waals surface area (Å²) in [5, 5.41) is 19.2. The predicted molar refractivity (Wildman–Crippen MR) is 131 cm³/mol. The number of nitrogens with zero attached hydrogens (tertiary/aromatic N) is 1. The zero-order valence-electron chi connectivity index (χ0n) is 19.1. The molecule has 8 heteroatoms. The van der Waals surface area contributed by atoms with Crippen molar-refractivity contribution in [2.75, 3.05) is 33.9 Å². The van der Waals surface area contributed by atoms with Crippen LogP contribution in [0.2, 0.25) is 5.02 Å². The lowest BCUT2D eigenvalue weighted by molar-refractivity contribution is -0.146. The highest BCUT2D eigenvalue weighted by Gasteiger charge is 2.04. The van der Waals surface area contributed by atoms with Crippen LogP contribution in [0.5, 0.6) is 17.2 Å². The van der Waals surface area contributed by atoms with Gasteiger partial charge in [-0.3, -0.25) is 0 Å². The molecule has 0 radical (unpaired) electrons. The molecule has 180 valence electrons. The third-order valence-electron chi connectivity index (χ3n) is 4.34. The number of aromatic hydroxyl groups is 2. The normalized spacial score (nSPS) is 10.0. The van der Waals surface area contributed by atoms with Crippen molar-refractivity contribution >= 4 is 30.0 Å². The summed E-state index contributed by atoms with van der Waals surface area (Å²) in [4.78, 5) is 13.2. The number of likely N-dealkylation sites (N-methyl/N-ethyl adjacent to an activating group) is 1. The first-order valence-corrected chi connectivity index (χ1v) is 10.9. The van der Waals surface area contributed by atoms with Crippen LogP contribution < -0.4 is 4.74 Å². The number of carbonyl (C=O) groups is 1. The number of ether oxygens (including phenoxy) is 2. The Morgan fingerprint density at radius 1 is 1.03 bits per heavy atom. The van der Waals surface area contributed by atoms with Crippen molar-refractivity contribution in [3.05, 3.63) is 53.1 Å². The van der Waals surface area contributed by atoms with Gasteiger partial charge in [0.05, 0.1) is 0 Å². The van der Waals surface area contributed by atoms with Crippen LogP contribution in [0.25, 0.3) is 0 Å². The van der Waals surface area contributed by atoms with Gasteiger partial charge in [-0.15, -0.1) is 12.4 Å². The molecule has 32 heavy (non-hydrogen) atoms. The van der Waals surface area contributed by atoms with Gasteiger partial charge in [0.25, 0.3) is 0 Å². The van der Waals surface area contributed by atoms with Gasteiger partial charge in [-0.2, -0.15) is 0 Å². The van der Waals surface area contributed by atoms with Gasteiger partial charge in [0, 0.05) is 17.6 Å². The van der Waals surface area contributed by atoms with Crippen LogP contribution in [0.3, 0.4) is 0 Å². The highest BCUT2D eigenvalue weighted by atomic mass is 35.5. The average molecular weight is 488 g/mol. The first kappa shape index (κ1) is 29.9. The fraction of sp³-hybridized carbons (Fsp3) is 0.458. The molecule has 0 spiro atoms. The van der Waals surface area contributed by atoms with Crippen LogP contribution in [0.15, 0.2) is 42.5 Å². The quantitative estimate of drug-likeness (QED) is 0.323. The molecule has 0 bridgehead atoms. The number of unbranched alkanes of at least 4 members (excludes halogenated alkanes) is 3. The smallest absolute Gasteiger partial charge is 0.344 e. The summed E-state index contributed by atoms with van der Waals surface area (Å²) in [7, 11) is 3.83. The number of rotatable bonds is 11. The molecule has 0 aliphatic carbocycles. The topological polar surface area (TPSA) is 79.2 Å². The monoisotopic (exact) mass is 487 g/mol. The summed E-state index contributed by atoms with van der Waals surface area (Å²) in [5.41, 5.74) is 0.930. The van der Waals surface area contributed by atoms with E-state index in [9.17, 15) is 9.90 Å². The second kappa shape index (κ2) is 17.4. The van der Waals surface area contributed by atoms with E-state index >= 15 is 0 Å². The lowest BCUT2D eigenvalue weighted by atomic mass is 10.1. The van der Waals surface area contributed by atoms with Crippen LogP contribution in [-0.2, 0) is 16.0 Å². The molecule has 2 rings (SSSR count). The summed E-state index contributed by atoms with van der Waals surface area (Å²) in [6, 6.07) is 11.6. The number of benzene rings is 2. The molecule has 0 saturated carbocycles. The van der Waals surface area contributed by atoms with E-state index in [2.05, 4.69) is 6.92 Å². The standard InChI is InChI=1S/C12H16ClNO3.C12H18O2.ClH/c1-14(2)7-8-16-12(15)9-17-11-5-3-10(13)4-6-11;1-2-3-4-5-6-10-7-8-11(13)9-12(10)14;/h3-6H,7-9H2,1-2H3;7-9,13-14H,2-6H2,1H3;1H. The largest absolute Gasteiger partial charge is 0.508 e. The van der Waals surface area contributed by atoms with E-state index in [0.29, 0.717) is 23.9 Å². The SMILES string of the molecule is CCCCCCc1ccc(O)cc1O.CN(C)CCOC(=O)COc1ccc(Cl)cc1.Cl. The van der Waals surface area contributed by atoms with Crippen LogP contribution >= 0.6 is 24.0 Å². The van der Waals surface area contributed by atoms with Gasteiger partial charge in [-0.25, -0.2) is 4.79 Å². The maximum absolute atomic E-state index is 11.3. The third kappa shape index (κ3) is 14.0. The molecule has 0 amide bonds. The van der Waals surface area contributed by atoms with E-state index in [0.717, 1.165) is 18.4 Å². The van der Waals surface area contributed by atoms with Crippen molar-refractivity contribution in [2.45, 2.75) is 39.0 Å². The second-order valence-corrected chi connectivity index (χ2v) is 7.83. The Morgan fingerprint density at radius 3 is 2.31 bits per heavy atom. The maximum Gasteiger partial charge on any atom is 0.344 e. The Labute approximate surface area is 202 Å². The minimum absolute atomic E-state index is 0. The zero-order chi connectivity index (χ0) is 23.1. The van der Waals surface area contributed by atoms with E-state index in [1.807, 2.05) is 19.0 Å². The summed E-state index contributed by atoms with van der Waals surface area (Å²) < 4.78 is 10.2. The average Bonchev–Trinajstić information content (AvgIpc) is 2.72. The van der Waals surface area contributed by atoms with E-state index in [-0.39, 0.29) is 36.5 Å². The number of phenols is 2. The fourth-order valence-corrected chi connectivity index (χ4v) is 2.69. The molecule has 0 aliphatic rings. The molecular weight excluding hydrogens is 453 g/mol. The lowest BCUT2D eigenvalue weighted by Gasteiger charge is -2.10. The lowest BCUT2D eigenvalue weighted by Crippen LogP contribution is -2.22. The molecule has 0 aromatic heterocycles. The van der Waals surface area contributed by atoms with E-state index in [4.69, 9.17) is 26.2 Å². The second-order valence-electron chi connectivity index (χ2n) is 7.39. The highest BCUT2D eigenvalue weighted by Crippen LogP contribution is 2.24. The minimum atomic E-state index is -0.373. The number of phenolic OH excluding ortho intramolecular Hbond substituents is 2. The number of halogens is 2. The van der Waals surface area contributed by atoms with Gasteiger partial charge >= 0.3 is 5.97 Å². The van der Waals surface area contributed by atoms with Crippen molar-refractivity contribution in [2.24, 2.45) is 0 Å². The minimum Gasteiger partial charge on any atom is -0.508 e. The molecule has 6 nitrogen and oxygen atoms in total. The summed E-state index contributed by atoms with van der Waals surface area (Å²) in [6.45, 7) is 3.16. The van der Waals surface area contributed by atoms with E-state index < -0.39 is 0 Å². The molecule has 0 atom stereocenters. The zero-order valence-corrected chi connectivity index (χ0v) is 20.6. The van der Waals surface area contributed by atoms with Crippen molar-refractivity contribution in [1.82, 2.24) is 4.90 Å². The summed E-state index contributed by atoms with van der Waals surface area (Å²) in [5.74, 6) is 0.557. The molecule has 2 N–H and O–H groups in total. The van der Waals surface area contributed by atoms with Crippen LogP contribution in [0, 0.1) is 0 Å². The third-order valence-corrected chi connectivity index (χ3v) is 4.59. The summed E-state index contributed by atoms with van der Waals surface area (Å²) in [6.07, 6.45) is 5.68. The molecule has 0 aliphatic heterocycles. The molecule has 0 saturated heterocycles. The molecule has 0 fully saturated rings. The van der Waals surface area contributed by atoms with E-state index in [1.165, 1.54) is 25.3 Å². The van der Waals surface area contributed by atoms with Gasteiger partial charge in [0.2, 0.25) is 0 Å². The van der Waals surface area contributed by atoms with Crippen molar-refractivity contribution in [3.63, 3.8) is 0 Å².